The van der Waals surface area contributed by atoms with E-state index in [0.717, 1.165) is 0 Å². The number of esters is 1. The molecule has 3 nitrogen and oxygen atoms in total. The zero-order chi connectivity index (χ0) is 10.9. The van der Waals surface area contributed by atoms with Gasteiger partial charge >= 0.3 is 5.97 Å². The molecule has 0 aromatic heterocycles. The lowest BCUT2D eigenvalue weighted by atomic mass is 9.80. The second kappa shape index (κ2) is 4.62. The molecule has 0 unspecified atom stereocenters. The third-order valence-electron chi connectivity index (χ3n) is 3.26. The van der Waals surface area contributed by atoms with Crippen molar-refractivity contribution >= 4 is 21.9 Å². The highest BCUT2D eigenvalue weighted by Gasteiger charge is 2.41. The molecule has 0 radical (unpaired) electrons. The molecule has 1 fully saturated rings. The van der Waals surface area contributed by atoms with Crippen molar-refractivity contribution < 1.29 is 14.3 Å². The highest BCUT2D eigenvalue weighted by Crippen LogP contribution is 2.37. The number of halogens is 1. The molecule has 4 heteroatoms. The van der Waals surface area contributed by atoms with Crippen LogP contribution >= 0.6 is 15.9 Å². The Morgan fingerprint density at radius 3 is 2.29 bits per heavy atom. The number of carbonyl (C=O) groups is 1. The van der Waals surface area contributed by atoms with E-state index >= 15 is 0 Å². The van der Waals surface area contributed by atoms with Crippen LogP contribution in [0, 0.1) is 17.8 Å². The van der Waals surface area contributed by atoms with Crippen LogP contribution in [0.4, 0.5) is 0 Å². The lowest BCUT2D eigenvalue weighted by molar-refractivity contribution is -0.170. The Balaban J connectivity index is 2.75. The maximum atomic E-state index is 11.4. The van der Waals surface area contributed by atoms with Crippen LogP contribution < -0.4 is 0 Å². The molecule has 1 rings (SSSR count). The first-order chi connectivity index (χ1) is 6.49. The molecule has 0 saturated carbocycles. The molecule has 0 aromatic carbocycles. The predicted molar refractivity (Wildman–Crippen MR) is 57.1 cm³/mol. The van der Waals surface area contributed by atoms with E-state index < -0.39 is 6.10 Å². The number of ether oxygens (including phenoxy) is 2. The van der Waals surface area contributed by atoms with E-state index in [9.17, 15) is 4.79 Å². The molecule has 0 aromatic rings. The number of hydrogen-bond donors (Lipinski definition) is 0. The number of methoxy groups -OCH3 is 1. The van der Waals surface area contributed by atoms with E-state index in [1.165, 1.54) is 7.11 Å². The summed E-state index contributed by atoms with van der Waals surface area (Å²) in [5.41, 5.74) is 0. The number of carbonyl (C=O) groups excluding carboxylic acids is 1. The minimum atomic E-state index is -0.435. The van der Waals surface area contributed by atoms with Gasteiger partial charge in [0.15, 0.2) is 6.10 Å². The molecule has 0 aliphatic carbocycles. The fourth-order valence-corrected chi connectivity index (χ4v) is 2.48. The van der Waals surface area contributed by atoms with Gasteiger partial charge in [-0.25, -0.2) is 4.79 Å². The highest BCUT2D eigenvalue weighted by atomic mass is 79.9. The summed E-state index contributed by atoms with van der Waals surface area (Å²) in [5.74, 6) is 0.773. The van der Waals surface area contributed by atoms with Gasteiger partial charge in [0.25, 0.3) is 0 Å². The summed E-state index contributed by atoms with van der Waals surface area (Å²) in [6.07, 6.45) is -0.435. The molecule has 1 aliphatic heterocycles. The van der Waals surface area contributed by atoms with E-state index in [1.54, 1.807) is 0 Å². The number of alkyl halides is 1. The second-order valence-electron chi connectivity index (χ2n) is 4.01. The van der Waals surface area contributed by atoms with Crippen LogP contribution in [0.15, 0.2) is 0 Å². The lowest BCUT2D eigenvalue weighted by Gasteiger charge is -2.40. The summed E-state index contributed by atoms with van der Waals surface area (Å²) in [4.78, 5) is 11.4. The van der Waals surface area contributed by atoms with Gasteiger partial charge in [-0.05, 0) is 17.8 Å². The normalized spacial score (nSPS) is 43.4. The van der Waals surface area contributed by atoms with Crippen LogP contribution in [-0.4, -0.2) is 24.2 Å². The van der Waals surface area contributed by atoms with Crippen molar-refractivity contribution in [2.24, 2.45) is 17.8 Å². The summed E-state index contributed by atoms with van der Waals surface area (Å²) in [6, 6.07) is 0. The van der Waals surface area contributed by atoms with E-state index in [1.807, 2.05) is 6.92 Å². The zero-order valence-electron chi connectivity index (χ0n) is 8.99. The molecule has 0 spiro atoms. The summed E-state index contributed by atoms with van der Waals surface area (Å²) in [6.45, 7) is 6.29. The minimum Gasteiger partial charge on any atom is -0.467 e. The minimum absolute atomic E-state index is 0.0576. The predicted octanol–water partition coefficient (Wildman–Crippen LogP) is 2.19. The molecule has 82 valence electrons. The Kier molecular flexibility index (Phi) is 3.95. The summed E-state index contributed by atoms with van der Waals surface area (Å²) < 4.78 is 10.3. The number of rotatable bonds is 1. The van der Waals surface area contributed by atoms with Gasteiger partial charge in [-0.3, -0.25) is 0 Å². The lowest BCUT2D eigenvalue weighted by Crippen LogP contribution is -2.46. The second-order valence-corrected chi connectivity index (χ2v) is 4.91. The van der Waals surface area contributed by atoms with Gasteiger partial charge in [0.2, 0.25) is 0 Å². The van der Waals surface area contributed by atoms with E-state index in [0.29, 0.717) is 11.8 Å². The Bertz CT molecular complexity index is 219. The average Bonchev–Trinajstić information content (AvgIpc) is 2.19. The maximum Gasteiger partial charge on any atom is 0.335 e. The average molecular weight is 265 g/mol. The Hall–Kier alpha value is -0.0900. The van der Waals surface area contributed by atoms with E-state index in [-0.39, 0.29) is 16.9 Å². The van der Waals surface area contributed by atoms with Crippen LogP contribution in [0.1, 0.15) is 20.8 Å². The van der Waals surface area contributed by atoms with Crippen LogP contribution in [0.25, 0.3) is 0 Å². The van der Waals surface area contributed by atoms with Crippen molar-refractivity contribution in [3.63, 3.8) is 0 Å². The first-order valence-electron chi connectivity index (χ1n) is 4.86. The van der Waals surface area contributed by atoms with Gasteiger partial charge in [0, 0.05) is 0 Å². The smallest absolute Gasteiger partial charge is 0.335 e. The standard InChI is InChI=1S/C10H17BrO3/c1-5-6(2)8(10(12)13-4)14-9(11)7(5)3/h5-9H,1-4H3/t5-,6-,7+,8-,9-/m0/s1. The van der Waals surface area contributed by atoms with Crippen LogP contribution in [0.3, 0.4) is 0 Å². The third-order valence-corrected chi connectivity index (χ3v) is 4.31. The molecule has 0 bridgehead atoms. The summed E-state index contributed by atoms with van der Waals surface area (Å²) in [7, 11) is 1.39. The van der Waals surface area contributed by atoms with Gasteiger partial charge in [0.1, 0.15) is 5.01 Å². The molecule has 1 heterocycles. The first kappa shape index (κ1) is 12.0. The van der Waals surface area contributed by atoms with Crippen molar-refractivity contribution in [3.05, 3.63) is 0 Å². The van der Waals surface area contributed by atoms with Gasteiger partial charge in [0.05, 0.1) is 7.11 Å². The van der Waals surface area contributed by atoms with Gasteiger partial charge in [-0.15, -0.1) is 0 Å². The van der Waals surface area contributed by atoms with Crippen molar-refractivity contribution in [2.75, 3.05) is 7.11 Å². The molecular formula is C10H17BrO3. The fourth-order valence-electron chi connectivity index (χ4n) is 1.77. The highest BCUT2D eigenvalue weighted by molar-refractivity contribution is 9.09. The SMILES string of the molecule is COC(=O)[C@H]1O[C@H](Br)[C@H](C)[C@@H](C)[C@@H]1C. The molecule has 5 atom stereocenters. The van der Waals surface area contributed by atoms with Crippen LogP contribution in [0.2, 0.25) is 0 Å². The molecule has 1 aliphatic rings. The van der Waals surface area contributed by atoms with Gasteiger partial charge in [-0.1, -0.05) is 36.7 Å². The van der Waals surface area contributed by atoms with E-state index in [2.05, 4.69) is 29.8 Å². The quantitative estimate of drug-likeness (QED) is 0.538. The van der Waals surface area contributed by atoms with Crippen molar-refractivity contribution in [3.8, 4) is 0 Å². The molecule has 1 saturated heterocycles. The Morgan fingerprint density at radius 1 is 1.21 bits per heavy atom. The monoisotopic (exact) mass is 264 g/mol. The molecule has 0 amide bonds. The first-order valence-corrected chi connectivity index (χ1v) is 5.78. The molecule has 14 heavy (non-hydrogen) atoms. The number of hydrogen-bond acceptors (Lipinski definition) is 3. The third kappa shape index (κ3) is 2.11. The summed E-state index contributed by atoms with van der Waals surface area (Å²) >= 11 is 3.43. The van der Waals surface area contributed by atoms with Crippen molar-refractivity contribution in [1.29, 1.82) is 0 Å². The largest absolute Gasteiger partial charge is 0.467 e. The van der Waals surface area contributed by atoms with Crippen LogP contribution in [0.5, 0.6) is 0 Å². The fraction of sp³-hybridized carbons (Fsp3) is 0.900. The molecule has 0 N–H and O–H groups in total. The van der Waals surface area contributed by atoms with Crippen molar-refractivity contribution in [1.82, 2.24) is 0 Å². The van der Waals surface area contributed by atoms with Crippen LogP contribution in [-0.2, 0) is 14.3 Å². The van der Waals surface area contributed by atoms with Crippen molar-refractivity contribution in [2.45, 2.75) is 31.9 Å². The Morgan fingerprint density at radius 2 is 1.79 bits per heavy atom. The molecular weight excluding hydrogens is 248 g/mol. The topological polar surface area (TPSA) is 35.5 Å². The van der Waals surface area contributed by atoms with E-state index in [4.69, 9.17) is 9.47 Å². The zero-order valence-corrected chi connectivity index (χ0v) is 10.6. The maximum absolute atomic E-state index is 11.4. The summed E-state index contributed by atoms with van der Waals surface area (Å²) in [5, 5.41) is -0.0576. The van der Waals surface area contributed by atoms with Gasteiger partial charge in [-0.2, -0.15) is 0 Å². The Labute approximate surface area is 93.3 Å². The van der Waals surface area contributed by atoms with Gasteiger partial charge < -0.3 is 9.47 Å².